The second-order valence-corrected chi connectivity index (χ2v) is 4.78. The smallest absolute Gasteiger partial charge is 0.0922 e. The SMILES string of the molecule is Cc1[nH]ncc1-c1cncc([C@@H]2CCCNC2)n1. The molecule has 0 aromatic carbocycles. The van der Waals surface area contributed by atoms with Crippen LogP contribution in [0, 0.1) is 6.92 Å². The monoisotopic (exact) mass is 243 g/mol. The van der Waals surface area contributed by atoms with Gasteiger partial charge in [0.1, 0.15) is 0 Å². The number of H-pyrrole nitrogens is 1. The van der Waals surface area contributed by atoms with Crippen LogP contribution in [0.1, 0.15) is 30.1 Å². The lowest BCUT2D eigenvalue weighted by molar-refractivity contribution is 0.454. The van der Waals surface area contributed by atoms with E-state index in [2.05, 4.69) is 20.5 Å². The highest BCUT2D eigenvalue weighted by Crippen LogP contribution is 2.24. The van der Waals surface area contributed by atoms with Gasteiger partial charge >= 0.3 is 0 Å². The van der Waals surface area contributed by atoms with E-state index < -0.39 is 0 Å². The fourth-order valence-corrected chi connectivity index (χ4v) is 2.42. The first-order valence-electron chi connectivity index (χ1n) is 6.37. The maximum Gasteiger partial charge on any atom is 0.0922 e. The molecule has 0 unspecified atom stereocenters. The highest BCUT2D eigenvalue weighted by Gasteiger charge is 2.17. The minimum atomic E-state index is 0.485. The molecule has 1 aliphatic rings. The largest absolute Gasteiger partial charge is 0.316 e. The van der Waals surface area contributed by atoms with Crippen LogP contribution in [-0.4, -0.2) is 33.3 Å². The first kappa shape index (κ1) is 11.3. The molecule has 1 saturated heterocycles. The van der Waals surface area contributed by atoms with E-state index in [0.717, 1.165) is 35.7 Å². The van der Waals surface area contributed by atoms with Crippen LogP contribution in [0.25, 0.3) is 11.3 Å². The van der Waals surface area contributed by atoms with Crippen LogP contribution >= 0.6 is 0 Å². The van der Waals surface area contributed by atoms with Gasteiger partial charge in [0.25, 0.3) is 0 Å². The van der Waals surface area contributed by atoms with Gasteiger partial charge in [-0.05, 0) is 26.3 Å². The number of piperidine rings is 1. The van der Waals surface area contributed by atoms with E-state index in [0.29, 0.717) is 5.92 Å². The van der Waals surface area contributed by atoms with Crippen LogP contribution in [0.15, 0.2) is 18.6 Å². The van der Waals surface area contributed by atoms with Crippen LogP contribution in [-0.2, 0) is 0 Å². The molecule has 5 heteroatoms. The molecule has 0 amide bonds. The van der Waals surface area contributed by atoms with Crippen LogP contribution in [0.3, 0.4) is 0 Å². The number of hydrogen-bond acceptors (Lipinski definition) is 4. The summed E-state index contributed by atoms with van der Waals surface area (Å²) in [5.41, 5.74) is 4.06. The van der Waals surface area contributed by atoms with Crippen molar-refractivity contribution in [1.29, 1.82) is 0 Å². The number of aryl methyl sites for hydroxylation is 1. The minimum absolute atomic E-state index is 0.485. The lowest BCUT2D eigenvalue weighted by Crippen LogP contribution is -2.28. The van der Waals surface area contributed by atoms with Gasteiger partial charge in [0.05, 0.1) is 23.8 Å². The number of aromatic amines is 1. The Bertz CT molecular complexity index is 528. The summed E-state index contributed by atoms with van der Waals surface area (Å²) in [5.74, 6) is 0.485. The molecule has 3 heterocycles. The van der Waals surface area contributed by atoms with E-state index in [-0.39, 0.29) is 0 Å². The van der Waals surface area contributed by atoms with Crippen molar-refractivity contribution in [2.24, 2.45) is 0 Å². The molecule has 2 aromatic rings. The third-order valence-corrected chi connectivity index (χ3v) is 3.47. The first-order valence-corrected chi connectivity index (χ1v) is 6.37. The molecule has 0 bridgehead atoms. The van der Waals surface area contributed by atoms with E-state index in [1.54, 1.807) is 6.20 Å². The predicted molar refractivity (Wildman–Crippen MR) is 69.2 cm³/mol. The van der Waals surface area contributed by atoms with Crippen molar-refractivity contribution >= 4 is 0 Å². The van der Waals surface area contributed by atoms with Gasteiger partial charge in [0.15, 0.2) is 0 Å². The molecule has 2 aromatic heterocycles. The van der Waals surface area contributed by atoms with Gasteiger partial charge in [-0.15, -0.1) is 0 Å². The van der Waals surface area contributed by atoms with Crippen molar-refractivity contribution in [1.82, 2.24) is 25.5 Å². The molecule has 2 N–H and O–H groups in total. The van der Waals surface area contributed by atoms with Gasteiger partial charge in [0.2, 0.25) is 0 Å². The summed E-state index contributed by atoms with van der Waals surface area (Å²) in [6, 6.07) is 0. The zero-order valence-electron chi connectivity index (χ0n) is 10.5. The summed E-state index contributed by atoms with van der Waals surface area (Å²) in [6.07, 6.45) is 7.90. The average molecular weight is 243 g/mol. The standard InChI is InChI=1S/C13H17N5/c1-9-11(6-16-18-9)13-8-15-7-12(17-13)10-3-2-4-14-5-10/h6-8,10,14H,2-5H2,1H3,(H,16,18)/t10-/m1/s1. The Kier molecular flexibility index (Phi) is 3.06. The zero-order chi connectivity index (χ0) is 12.4. The first-order chi connectivity index (χ1) is 8.84. The fraction of sp³-hybridized carbons (Fsp3) is 0.462. The fourth-order valence-electron chi connectivity index (χ4n) is 2.42. The molecule has 5 nitrogen and oxygen atoms in total. The van der Waals surface area contributed by atoms with Gasteiger partial charge in [0, 0.05) is 29.9 Å². The Hall–Kier alpha value is -1.75. The normalized spacial score (nSPS) is 19.9. The summed E-state index contributed by atoms with van der Waals surface area (Å²) < 4.78 is 0. The van der Waals surface area contributed by atoms with Crippen LogP contribution in [0.5, 0.6) is 0 Å². The van der Waals surface area contributed by atoms with Crippen LogP contribution in [0.2, 0.25) is 0 Å². The van der Waals surface area contributed by atoms with E-state index in [9.17, 15) is 0 Å². The second-order valence-electron chi connectivity index (χ2n) is 4.78. The lowest BCUT2D eigenvalue weighted by Gasteiger charge is -2.22. The molecular formula is C13H17N5. The Balaban J connectivity index is 1.91. The van der Waals surface area contributed by atoms with Crippen molar-refractivity contribution in [2.45, 2.75) is 25.7 Å². The maximum atomic E-state index is 4.74. The number of aromatic nitrogens is 4. The van der Waals surface area contributed by atoms with Crippen LogP contribution < -0.4 is 5.32 Å². The molecule has 1 fully saturated rings. The highest BCUT2D eigenvalue weighted by atomic mass is 15.1. The van der Waals surface area contributed by atoms with E-state index >= 15 is 0 Å². The molecule has 1 aliphatic heterocycles. The molecule has 0 radical (unpaired) electrons. The lowest BCUT2D eigenvalue weighted by atomic mass is 9.96. The Morgan fingerprint density at radius 2 is 2.22 bits per heavy atom. The molecule has 0 aliphatic carbocycles. The summed E-state index contributed by atoms with van der Waals surface area (Å²) in [4.78, 5) is 9.06. The van der Waals surface area contributed by atoms with Gasteiger partial charge in [-0.2, -0.15) is 5.10 Å². The van der Waals surface area contributed by atoms with Crippen molar-refractivity contribution in [3.63, 3.8) is 0 Å². The van der Waals surface area contributed by atoms with E-state index in [1.807, 2.05) is 19.3 Å². The number of nitrogens with zero attached hydrogens (tertiary/aromatic N) is 3. The maximum absolute atomic E-state index is 4.74. The van der Waals surface area contributed by atoms with Crippen molar-refractivity contribution in [2.75, 3.05) is 13.1 Å². The molecule has 94 valence electrons. The third-order valence-electron chi connectivity index (χ3n) is 3.47. The summed E-state index contributed by atoms with van der Waals surface area (Å²) in [5, 5.41) is 10.4. The van der Waals surface area contributed by atoms with Gasteiger partial charge in [-0.25, -0.2) is 4.98 Å². The number of hydrogen-bond donors (Lipinski definition) is 2. The summed E-state index contributed by atoms with van der Waals surface area (Å²) in [6.45, 7) is 4.12. The topological polar surface area (TPSA) is 66.5 Å². The molecule has 0 saturated carbocycles. The third kappa shape index (κ3) is 2.13. The van der Waals surface area contributed by atoms with Crippen molar-refractivity contribution in [3.8, 4) is 11.3 Å². The predicted octanol–water partition coefficient (Wildman–Crippen LogP) is 1.64. The highest BCUT2D eigenvalue weighted by molar-refractivity contribution is 5.59. The van der Waals surface area contributed by atoms with Gasteiger partial charge in [-0.1, -0.05) is 0 Å². The van der Waals surface area contributed by atoms with Crippen molar-refractivity contribution in [3.05, 3.63) is 30.0 Å². The Morgan fingerprint density at radius 1 is 1.28 bits per heavy atom. The summed E-state index contributed by atoms with van der Waals surface area (Å²) >= 11 is 0. The molecule has 0 spiro atoms. The average Bonchev–Trinajstić information content (AvgIpc) is 2.86. The number of rotatable bonds is 2. The van der Waals surface area contributed by atoms with Crippen LogP contribution in [0.4, 0.5) is 0 Å². The molecule has 3 rings (SSSR count). The minimum Gasteiger partial charge on any atom is -0.316 e. The summed E-state index contributed by atoms with van der Waals surface area (Å²) in [7, 11) is 0. The van der Waals surface area contributed by atoms with Gasteiger partial charge in [-0.3, -0.25) is 10.1 Å². The molecular weight excluding hydrogens is 226 g/mol. The van der Waals surface area contributed by atoms with Crippen molar-refractivity contribution < 1.29 is 0 Å². The Morgan fingerprint density at radius 3 is 2.94 bits per heavy atom. The van der Waals surface area contributed by atoms with E-state index in [4.69, 9.17) is 4.98 Å². The quantitative estimate of drug-likeness (QED) is 0.841. The van der Waals surface area contributed by atoms with Gasteiger partial charge < -0.3 is 5.32 Å². The number of nitrogens with one attached hydrogen (secondary N) is 2. The Labute approximate surface area is 106 Å². The van der Waals surface area contributed by atoms with E-state index in [1.165, 1.54) is 12.8 Å². The molecule has 18 heavy (non-hydrogen) atoms. The second kappa shape index (κ2) is 4.86. The molecule has 1 atom stereocenters. The zero-order valence-corrected chi connectivity index (χ0v) is 10.5.